The van der Waals surface area contributed by atoms with Gasteiger partial charge in [0.25, 0.3) is 0 Å². The second-order valence-electron chi connectivity index (χ2n) is 6.19. The Hall–Kier alpha value is -2.21. The maximum Gasteiger partial charge on any atom is 0.227 e. The van der Waals surface area contributed by atoms with E-state index in [0.29, 0.717) is 50.2 Å². The summed E-state index contributed by atoms with van der Waals surface area (Å²) in [4.78, 5) is 16.2. The van der Waals surface area contributed by atoms with Crippen LogP contribution in [-0.2, 0) is 16.0 Å². The van der Waals surface area contributed by atoms with E-state index in [0.717, 1.165) is 12.0 Å². The smallest absolute Gasteiger partial charge is 0.227 e. The fourth-order valence-corrected chi connectivity index (χ4v) is 2.35. The molecule has 1 heterocycles. The molecule has 1 amide bonds. The van der Waals surface area contributed by atoms with E-state index >= 15 is 0 Å². The largest absolute Gasteiger partial charge is 0.382 e. The molecule has 0 saturated heterocycles. The van der Waals surface area contributed by atoms with Crippen LogP contribution in [0.2, 0.25) is 0 Å². The summed E-state index contributed by atoms with van der Waals surface area (Å²) in [5.41, 5.74) is 2.19. The van der Waals surface area contributed by atoms with E-state index in [1.165, 1.54) is 5.56 Å². The van der Waals surface area contributed by atoms with Gasteiger partial charge in [-0.05, 0) is 24.8 Å². The van der Waals surface area contributed by atoms with E-state index in [9.17, 15) is 4.79 Å². The summed E-state index contributed by atoms with van der Waals surface area (Å²) in [6.45, 7) is 8.26. The summed E-state index contributed by atoms with van der Waals surface area (Å²) in [6, 6.07) is 8.14. The van der Waals surface area contributed by atoms with Gasteiger partial charge in [0.2, 0.25) is 17.6 Å². The van der Waals surface area contributed by atoms with E-state index in [-0.39, 0.29) is 5.91 Å². The van der Waals surface area contributed by atoms with Crippen molar-refractivity contribution in [1.82, 2.24) is 15.5 Å². The zero-order chi connectivity index (χ0) is 18.1. The van der Waals surface area contributed by atoms with Gasteiger partial charge in [-0.2, -0.15) is 4.98 Å². The molecule has 0 saturated carbocycles. The van der Waals surface area contributed by atoms with Crippen molar-refractivity contribution in [3.8, 4) is 11.4 Å². The summed E-state index contributed by atoms with van der Waals surface area (Å²) in [6.07, 6.45) is 1.59. The first kappa shape index (κ1) is 19.1. The maximum atomic E-state index is 11.8. The van der Waals surface area contributed by atoms with Crippen LogP contribution in [0.4, 0.5) is 0 Å². The number of hydrogen-bond acceptors (Lipinski definition) is 5. The van der Waals surface area contributed by atoms with Crippen LogP contribution in [-0.4, -0.2) is 35.8 Å². The van der Waals surface area contributed by atoms with Crippen molar-refractivity contribution < 1.29 is 14.1 Å². The topological polar surface area (TPSA) is 77.2 Å². The Kier molecular flexibility index (Phi) is 7.60. The molecule has 1 aromatic carbocycles. The van der Waals surface area contributed by atoms with Gasteiger partial charge < -0.3 is 14.6 Å². The van der Waals surface area contributed by atoms with Crippen LogP contribution < -0.4 is 5.32 Å². The quantitative estimate of drug-likeness (QED) is 0.668. The number of nitrogens with zero attached hydrogens (tertiary/aromatic N) is 2. The molecule has 0 aliphatic heterocycles. The molecular formula is C19H27N3O3. The lowest BCUT2D eigenvalue weighted by atomic mass is 10.0. The van der Waals surface area contributed by atoms with Crippen LogP contribution in [0.1, 0.15) is 51.0 Å². The van der Waals surface area contributed by atoms with Gasteiger partial charge in [-0.3, -0.25) is 4.79 Å². The minimum Gasteiger partial charge on any atom is -0.382 e. The Bertz CT molecular complexity index is 650. The molecule has 0 bridgehead atoms. The Morgan fingerprint density at radius 3 is 2.72 bits per heavy atom. The molecule has 136 valence electrons. The third-order valence-corrected chi connectivity index (χ3v) is 3.86. The highest BCUT2D eigenvalue weighted by atomic mass is 16.5. The summed E-state index contributed by atoms with van der Waals surface area (Å²) in [5.74, 6) is 1.51. The molecule has 6 nitrogen and oxygen atoms in total. The van der Waals surface area contributed by atoms with Gasteiger partial charge in [0, 0.05) is 38.2 Å². The molecule has 0 radical (unpaired) electrons. The monoisotopic (exact) mass is 345 g/mol. The zero-order valence-electron chi connectivity index (χ0n) is 15.2. The number of rotatable bonds is 10. The van der Waals surface area contributed by atoms with Crippen LogP contribution in [0, 0.1) is 0 Å². The minimum atomic E-state index is -0.0162. The molecule has 1 N–H and O–H groups in total. The van der Waals surface area contributed by atoms with Gasteiger partial charge in [0.05, 0.1) is 0 Å². The minimum absolute atomic E-state index is 0.0162. The molecule has 0 unspecified atom stereocenters. The van der Waals surface area contributed by atoms with Gasteiger partial charge in [-0.1, -0.05) is 43.3 Å². The predicted molar refractivity (Wildman–Crippen MR) is 96.3 cm³/mol. The second-order valence-corrected chi connectivity index (χ2v) is 6.19. The van der Waals surface area contributed by atoms with Crippen LogP contribution in [0.5, 0.6) is 0 Å². The van der Waals surface area contributed by atoms with E-state index in [1.54, 1.807) is 0 Å². The highest BCUT2D eigenvalue weighted by molar-refractivity contribution is 5.75. The fourth-order valence-electron chi connectivity index (χ4n) is 2.35. The van der Waals surface area contributed by atoms with Crippen molar-refractivity contribution in [3.05, 3.63) is 35.7 Å². The molecule has 0 aliphatic rings. The van der Waals surface area contributed by atoms with Crippen molar-refractivity contribution in [2.24, 2.45) is 0 Å². The number of carbonyl (C=O) groups excluding carboxylic acids is 1. The molecule has 0 atom stereocenters. The zero-order valence-corrected chi connectivity index (χ0v) is 15.2. The van der Waals surface area contributed by atoms with Gasteiger partial charge in [0.1, 0.15) is 0 Å². The standard InChI is InChI=1S/C19H27N3O3/c1-4-24-13-5-12-20-17(23)10-11-18-21-19(22-25-18)16-8-6-15(7-9-16)14(2)3/h6-9,14H,4-5,10-13H2,1-3H3,(H,20,23). The lowest BCUT2D eigenvalue weighted by molar-refractivity contribution is -0.121. The molecule has 6 heteroatoms. The van der Waals surface area contributed by atoms with E-state index < -0.39 is 0 Å². The number of hydrogen-bond donors (Lipinski definition) is 1. The normalized spacial score (nSPS) is 11.0. The van der Waals surface area contributed by atoms with Crippen molar-refractivity contribution in [2.75, 3.05) is 19.8 Å². The van der Waals surface area contributed by atoms with Crippen molar-refractivity contribution in [1.29, 1.82) is 0 Å². The summed E-state index contributed by atoms with van der Waals surface area (Å²) in [7, 11) is 0. The van der Waals surface area contributed by atoms with Crippen molar-refractivity contribution in [3.63, 3.8) is 0 Å². The highest BCUT2D eigenvalue weighted by Gasteiger charge is 2.11. The number of aryl methyl sites for hydroxylation is 1. The number of carbonyl (C=O) groups is 1. The summed E-state index contributed by atoms with van der Waals surface area (Å²) >= 11 is 0. The summed E-state index contributed by atoms with van der Waals surface area (Å²) < 4.78 is 10.5. The number of nitrogens with one attached hydrogen (secondary N) is 1. The summed E-state index contributed by atoms with van der Waals surface area (Å²) in [5, 5.41) is 6.86. The van der Waals surface area contributed by atoms with E-state index in [4.69, 9.17) is 9.26 Å². The highest BCUT2D eigenvalue weighted by Crippen LogP contribution is 2.20. The fraction of sp³-hybridized carbons (Fsp3) is 0.526. The molecule has 0 spiro atoms. The maximum absolute atomic E-state index is 11.8. The third-order valence-electron chi connectivity index (χ3n) is 3.86. The van der Waals surface area contributed by atoms with E-state index in [2.05, 4.69) is 41.4 Å². The number of ether oxygens (including phenoxy) is 1. The lowest BCUT2D eigenvalue weighted by Crippen LogP contribution is -2.25. The molecule has 2 aromatic rings. The first-order valence-electron chi connectivity index (χ1n) is 8.87. The molecular weight excluding hydrogens is 318 g/mol. The van der Waals surface area contributed by atoms with Gasteiger partial charge >= 0.3 is 0 Å². The molecule has 0 fully saturated rings. The SMILES string of the molecule is CCOCCCNC(=O)CCc1nc(-c2ccc(C(C)C)cc2)no1. The van der Waals surface area contributed by atoms with E-state index in [1.807, 2.05) is 19.1 Å². The van der Waals surface area contributed by atoms with Crippen LogP contribution >= 0.6 is 0 Å². The Morgan fingerprint density at radius 2 is 2.04 bits per heavy atom. The molecule has 25 heavy (non-hydrogen) atoms. The van der Waals surface area contributed by atoms with Crippen molar-refractivity contribution >= 4 is 5.91 Å². The number of benzene rings is 1. The molecule has 0 aliphatic carbocycles. The Balaban J connectivity index is 1.78. The molecule has 1 aromatic heterocycles. The first-order chi connectivity index (χ1) is 12.1. The van der Waals surface area contributed by atoms with Gasteiger partial charge in [0.15, 0.2) is 0 Å². The average molecular weight is 345 g/mol. The Labute approximate surface area is 149 Å². The first-order valence-corrected chi connectivity index (χ1v) is 8.87. The van der Waals surface area contributed by atoms with Crippen LogP contribution in [0.25, 0.3) is 11.4 Å². The van der Waals surface area contributed by atoms with Gasteiger partial charge in [-0.15, -0.1) is 0 Å². The second kappa shape index (κ2) is 9.93. The number of aromatic nitrogens is 2. The van der Waals surface area contributed by atoms with Crippen LogP contribution in [0.15, 0.2) is 28.8 Å². The lowest BCUT2D eigenvalue weighted by Gasteiger charge is -2.04. The third kappa shape index (κ3) is 6.31. The molecule has 2 rings (SSSR count). The number of amides is 1. The average Bonchev–Trinajstić information content (AvgIpc) is 3.09. The Morgan fingerprint density at radius 1 is 1.28 bits per heavy atom. The van der Waals surface area contributed by atoms with Crippen molar-refractivity contribution in [2.45, 2.75) is 46.0 Å². The van der Waals surface area contributed by atoms with Gasteiger partial charge in [-0.25, -0.2) is 0 Å². The van der Waals surface area contributed by atoms with Crippen LogP contribution in [0.3, 0.4) is 0 Å². The predicted octanol–water partition coefficient (Wildman–Crippen LogP) is 3.34.